The largest absolute Gasteiger partial charge is 0.364 e. The fourth-order valence-electron chi connectivity index (χ4n) is 3.34. The van der Waals surface area contributed by atoms with Gasteiger partial charge in [-0.3, -0.25) is 9.59 Å². The van der Waals surface area contributed by atoms with E-state index in [1.54, 1.807) is 24.3 Å². The average molecular weight is 362 g/mol. The molecule has 0 bridgehead atoms. The normalized spacial score (nSPS) is 13.5. The first-order valence-electron chi connectivity index (χ1n) is 8.75. The van der Waals surface area contributed by atoms with Crippen molar-refractivity contribution in [1.29, 1.82) is 0 Å². The minimum atomic E-state index is -0.739. The fraction of sp³-hybridized carbons (Fsp3) is 0.190. The van der Waals surface area contributed by atoms with E-state index in [1.165, 1.54) is 12.1 Å². The Morgan fingerprint density at radius 2 is 1.63 bits per heavy atom. The van der Waals surface area contributed by atoms with Crippen molar-refractivity contribution in [2.75, 3.05) is 0 Å². The van der Waals surface area contributed by atoms with Gasteiger partial charge in [0.2, 0.25) is 0 Å². The van der Waals surface area contributed by atoms with Gasteiger partial charge in [-0.05, 0) is 36.2 Å². The third-order valence-electron chi connectivity index (χ3n) is 4.53. The second kappa shape index (κ2) is 6.39. The highest BCUT2D eigenvalue weighted by Crippen LogP contribution is 2.26. The molecule has 0 radical (unpaired) electrons. The molecule has 1 aliphatic rings. The standard InChI is InChI=1S/C21H18N2O4/c1-13(2)12-22-11-10-14-17(8-5-9-18(14)22)21(26)27-23-19(24)15-6-3-4-7-16(15)20(23)25/h3-11,13H,12H2,1-2H3. The number of nitrogens with zero attached hydrogens (tertiary/aromatic N) is 2. The number of carbonyl (C=O) groups is 3. The molecule has 2 heterocycles. The monoisotopic (exact) mass is 362 g/mol. The summed E-state index contributed by atoms with van der Waals surface area (Å²) in [6, 6.07) is 13.6. The van der Waals surface area contributed by atoms with Crippen LogP contribution < -0.4 is 0 Å². The van der Waals surface area contributed by atoms with E-state index in [2.05, 4.69) is 18.4 Å². The van der Waals surface area contributed by atoms with Gasteiger partial charge in [0.1, 0.15) is 0 Å². The first-order chi connectivity index (χ1) is 13.0. The highest BCUT2D eigenvalue weighted by molar-refractivity contribution is 6.21. The molecule has 0 saturated carbocycles. The molecule has 1 aromatic heterocycles. The van der Waals surface area contributed by atoms with E-state index in [4.69, 9.17) is 4.84 Å². The lowest BCUT2D eigenvalue weighted by Crippen LogP contribution is -2.32. The number of fused-ring (bicyclic) bond motifs is 2. The van der Waals surface area contributed by atoms with Crippen molar-refractivity contribution >= 4 is 28.7 Å². The fourth-order valence-corrected chi connectivity index (χ4v) is 3.34. The van der Waals surface area contributed by atoms with Crippen molar-refractivity contribution in [3.05, 3.63) is 71.4 Å². The molecule has 2 amide bonds. The maximum Gasteiger partial charge on any atom is 0.364 e. The van der Waals surface area contributed by atoms with Crippen LogP contribution in [0.25, 0.3) is 10.9 Å². The molecule has 136 valence electrons. The van der Waals surface area contributed by atoms with Crippen molar-refractivity contribution in [3.63, 3.8) is 0 Å². The highest BCUT2D eigenvalue weighted by atomic mass is 16.7. The van der Waals surface area contributed by atoms with Crippen LogP contribution in [0.15, 0.2) is 54.7 Å². The van der Waals surface area contributed by atoms with Crippen LogP contribution in [-0.4, -0.2) is 27.4 Å². The summed E-state index contributed by atoms with van der Waals surface area (Å²) >= 11 is 0. The number of hydrogen-bond acceptors (Lipinski definition) is 4. The van der Waals surface area contributed by atoms with Crippen molar-refractivity contribution in [3.8, 4) is 0 Å². The van der Waals surface area contributed by atoms with Crippen LogP contribution in [-0.2, 0) is 11.4 Å². The zero-order chi connectivity index (χ0) is 19.1. The molecule has 6 heteroatoms. The van der Waals surface area contributed by atoms with E-state index < -0.39 is 17.8 Å². The SMILES string of the molecule is CC(C)Cn1ccc2c(C(=O)ON3C(=O)c4ccccc4C3=O)cccc21. The summed E-state index contributed by atoms with van der Waals surface area (Å²) in [6.07, 6.45) is 1.92. The Labute approximate surface area is 155 Å². The number of hydrogen-bond donors (Lipinski definition) is 0. The lowest BCUT2D eigenvalue weighted by molar-refractivity contribution is -0.0583. The predicted molar refractivity (Wildman–Crippen MR) is 99.1 cm³/mol. The lowest BCUT2D eigenvalue weighted by Gasteiger charge is -2.13. The quantitative estimate of drug-likeness (QED) is 0.664. The number of carbonyl (C=O) groups excluding carboxylic acids is 3. The van der Waals surface area contributed by atoms with Crippen molar-refractivity contribution in [2.24, 2.45) is 5.92 Å². The van der Waals surface area contributed by atoms with E-state index in [0.29, 0.717) is 16.5 Å². The van der Waals surface area contributed by atoms with Gasteiger partial charge in [0.15, 0.2) is 0 Å². The third kappa shape index (κ3) is 2.79. The van der Waals surface area contributed by atoms with E-state index in [1.807, 2.05) is 18.3 Å². The van der Waals surface area contributed by atoms with Crippen LogP contribution in [0.5, 0.6) is 0 Å². The van der Waals surface area contributed by atoms with Gasteiger partial charge in [-0.2, -0.15) is 0 Å². The smallest absolute Gasteiger partial charge is 0.347 e. The molecule has 0 unspecified atom stereocenters. The number of hydroxylamine groups is 2. The Morgan fingerprint density at radius 3 is 2.26 bits per heavy atom. The molecule has 0 atom stereocenters. The summed E-state index contributed by atoms with van der Waals surface area (Å²) in [5.41, 5.74) is 1.68. The Balaban J connectivity index is 1.64. The topological polar surface area (TPSA) is 68.6 Å². The van der Waals surface area contributed by atoms with E-state index in [-0.39, 0.29) is 11.1 Å². The maximum atomic E-state index is 12.7. The third-order valence-corrected chi connectivity index (χ3v) is 4.53. The first-order valence-corrected chi connectivity index (χ1v) is 8.75. The molecular weight excluding hydrogens is 344 g/mol. The number of imide groups is 1. The van der Waals surface area contributed by atoms with E-state index in [0.717, 1.165) is 17.4 Å². The summed E-state index contributed by atoms with van der Waals surface area (Å²) in [5, 5.41) is 1.26. The summed E-state index contributed by atoms with van der Waals surface area (Å²) < 4.78 is 2.07. The van der Waals surface area contributed by atoms with Gasteiger partial charge in [0.25, 0.3) is 11.8 Å². The average Bonchev–Trinajstić information content (AvgIpc) is 3.16. The molecule has 3 aromatic rings. The number of rotatable bonds is 4. The number of aromatic nitrogens is 1. The van der Waals surface area contributed by atoms with Gasteiger partial charge >= 0.3 is 5.97 Å². The van der Waals surface area contributed by atoms with Gasteiger partial charge in [0, 0.05) is 23.6 Å². The van der Waals surface area contributed by atoms with E-state index >= 15 is 0 Å². The van der Waals surface area contributed by atoms with Crippen LogP contribution >= 0.6 is 0 Å². The predicted octanol–water partition coefficient (Wildman–Crippen LogP) is 3.67. The molecule has 0 aliphatic carbocycles. The Bertz CT molecular complexity index is 1050. The summed E-state index contributed by atoms with van der Waals surface area (Å²) in [6.45, 7) is 5.05. The molecule has 0 saturated heterocycles. The van der Waals surface area contributed by atoms with Gasteiger partial charge in [-0.25, -0.2) is 4.79 Å². The maximum absolute atomic E-state index is 12.7. The molecule has 1 aliphatic heterocycles. The number of benzene rings is 2. The Kier molecular flexibility index (Phi) is 4.03. The van der Waals surface area contributed by atoms with Gasteiger partial charge in [0.05, 0.1) is 16.7 Å². The van der Waals surface area contributed by atoms with Crippen LogP contribution in [0.1, 0.15) is 44.9 Å². The van der Waals surface area contributed by atoms with Gasteiger partial charge < -0.3 is 9.40 Å². The zero-order valence-electron chi connectivity index (χ0n) is 15.0. The van der Waals surface area contributed by atoms with E-state index in [9.17, 15) is 14.4 Å². The molecule has 27 heavy (non-hydrogen) atoms. The van der Waals surface area contributed by atoms with Crippen molar-refractivity contribution < 1.29 is 19.2 Å². The van der Waals surface area contributed by atoms with Gasteiger partial charge in [-0.15, -0.1) is 0 Å². The second-order valence-electron chi connectivity index (χ2n) is 6.93. The van der Waals surface area contributed by atoms with Crippen LogP contribution in [0.2, 0.25) is 0 Å². The summed E-state index contributed by atoms with van der Waals surface area (Å²) in [7, 11) is 0. The second-order valence-corrected chi connectivity index (χ2v) is 6.93. The zero-order valence-corrected chi connectivity index (χ0v) is 15.0. The Hall–Kier alpha value is -3.41. The van der Waals surface area contributed by atoms with Crippen molar-refractivity contribution in [1.82, 2.24) is 9.63 Å². The number of amides is 2. The molecule has 4 rings (SSSR count). The Morgan fingerprint density at radius 1 is 0.963 bits per heavy atom. The summed E-state index contributed by atoms with van der Waals surface area (Å²) in [5.74, 6) is -1.55. The molecule has 0 spiro atoms. The molecule has 2 aromatic carbocycles. The minimum Gasteiger partial charge on any atom is -0.347 e. The van der Waals surface area contributed by atoms with Crippen LogP contribution in [0.4, 0.5) is 0 Å². The molecular formula is C21H18N2O4. The van der Waals surface area contributed by atoms with Crippen molar-refractivity contribution in [2.45, 2.75) is 20.4 Å². The first kappa shape index (κ1) is 17.0. The minimum absolute atomic E-state index is 0.233. The van der Waals surface area contributed by atoms with Gasteiger partial charge in [-0.1, -0.05) is 37.1 Å². The molecule has 0 N–H and O–H groups in total. The van der Waals surface area contributed by atoms with Crippen LogP contribution in [0.3, 0.4) is 0 Å². The lowest BCUT2D eigenvalue weighted by atomic mass is 10.1. The molecule has 0 fully saturated rings. The molecule has 6 nitrogen and oxygen atoms in total. The summed E-state index contributed by atoms with van der Waals surface area (Å²) in [4.78, 5) is 42.7. The van der Waals surface area contributed by atoms with Crippen LogP contribution in [0, 0.1) is 5.92 Å². The highest BCUT2D eigenvalue weighted by Gasteiger charge is 2.39.